The van der Waals surface area contributed by atoms with Gasteiger partial charge in [0, 0.05) is 32.0 Å². The maximum atomic E-state index is 5.52. The first-order valence-corrected chi connectivity index (χ1v) is 5.87. The maximum Gasteiger partial charge on any atom is 0.205 e. The molecule has 5 nitrogen and oxygen atoms in total. The summed E-state index contributed by atoms with van der Waals surface area (Å²) in [6.07, 6.45) is 3.89. The molecule has 0 spiro atoms. The quantitative estimate of drug-likeness (QED) is 0.800. The molecule has 0 aliphatic carbocycles. The molecule has 16 heavy (non-hydrogen) atoms. The standard InChI is InChI=1S/C11H20N4O/c1-3-14-5-4-13-11(14)15-6-7-16-9-10(15)8-12-2/h4-5,10,12H,3,6-9H2,1-2H3. The molecule has 2 heterocycles. The Morgan fingerprint density at radius 3 is 3.25 bits per heavy atom. The van der Waals surface area contributed by atoms with Gasteiger partial charge in [0.25, 0.3) is 0 Å². The van der Waals surface area contributed by atoms with Gasteiger partial charge in [0.2, 0.25) is 5.95 Å². The van der Waals surface area contributed by atoms with E-state index in [9.17, 15) is 0 Å². The van der Waals surface area contributed by atoms with Crippen LogP contribution in [0.2, 0.25) is 0 Å². The zero-order chi connectivity index (χ0) is 11.4. The third-order valence-corrected chi connectivity index (χ3v) is 2.96. The van der Waals surface area contributed by atoms with E-state index in [0.29, 0.717) is 6.04 Å². The summed E-state index contributed by atoms with van der Waals surface area (Å²) >= 11 is 0. The van der Waals surface area contributed by atoms with Gasteiger partial charge in [-0.25, -0.2) is 4.98 Å². The predicted octanol–water partition coefficient (Wildman–Crippen LogP) is 0.328. The molecule has 0 radical (unpaired) electrons. The fourth-order valence-corrected chi connectivity index (χ4v) is 2.13. The molecule has 1 aliphatic rings. The van der Waals surface area contributed by atoms with E-state index in [0.717, 1.165) is 38.8 Å². The maximum absolute atomic E-state index is 5.52. The average Bonchev–Trinajstić information content (AvgIpc) is 2.78. The summed E-state index contributed by atoms with van der Waals surface area (Å²) in [4.78, 5) is 6.79. The molecule has 0 saturated carbocycles. The van der Waals surface area contributed by atoms with Crippen LogP contribution in [0, 0.1) is 0 Å². The SMILES string of the molecule is CCn1ccnc1N1CCOCC1CNC. The number of nitrogens with zero attached hydrogens (tertiary/aromatic N) is 3. The van der Waals surface area contributed by atoms with Gasteiger partial charge in [0.15, 0.2) is 0 Å². The molecular formula is C11H20N4O. The highest BCUT2D eigenvalue weighted by molar-refractivity contribution is 5.34. The summed E-state index contributed by atoms with van der Waals surface area (Å²) in [5, 5.41) is 3.21. The van der Waals surface area contributed by atoms with Crippen molar-refractivity contribution in [3.63, 3.8) is 0 Å². The number of rotatable bonds is 4. The highest BCUT2D eigenvalue weighted by Gasteiger charge is 2.25. The van der Waals surface area contributed by atoms with Gasteiger partial charge in [-0.15, -0.1) is 0 Å². The number of ether oxygens (including phenoxy) is 1. The molecule has 1 aliphatic heterocycles. The molecule has 1 unspecified atom stereocenters. The second kappa shape index (κ2) is 5.32. The van der Waals surface area contributed by atoms with E-state index in [1.54, 1.807) is 0 Å². The van der Waals surface area contributed by atoms with Crippen molar-refractivity contribution in [2.75, 3.05) is 38.3 Å². The van der Waals surface area contributed by atoms with E-state index >= 15 is 0 Å². The molecule has 1 fully saturated rings. The summed E-state index contributed by atoms with van der Waals surface area (Å²) in [5.74, 6) is 1.06. The lowest BCUT2D eigenvalue weighted by molar-refractivity contribution is 0.0931. The van der Waals surface area contributed by atoms with Crippen molar-refractivity contribution in [2.24, 2.45) is 0 Å². The molecule has 1 N–H and O–H groups in total. The minimum Gasteiger partial charge on any atom is -0.377 e. The molecule has 2 rings (SSSR count). The summed E-state index contributed by atoms with van der Waals surface area (Å²) in [6.45, 7) is 6.51. The van der Waals surface area contributed by atoms with Crippen molar-refractivity contribution in [2.45, 2.75) is 19.5 Å². The first-order valence-electron chi connectivity index (χ1n) is 5.87. The number of hydrogen-bond acceptors (Lipinski definition) is 4. The number of morpholine rings is 1. The Morgan fingerprint density at radius 2 is 2.50 bits per heavy atom. The highest BCUT2D eigenvalue weighted by Crippen LogP contribution is 2.17. The molecule has 1 aromatic rings. The zero-order valence-electron chi connectivity index (χ0n) is 10.0. The Morgan fingerprint density at radius 1 is 1.62 bits per heavy atom. The third kappa shape index (κ3) is 2.20. The number of aryl methyl sites for hydroxylation is 1. The Kier molecular flexibility index (Phi) is 3.79. The highest BCUT2D eigenvalue weighted by atomic mass is 16.5. The van der Waals surface area contributed by atoms with Crippen LogP contribution in [0.4, 0.5) is 5.95 Å². The van der Waals surface area contributed by atoms with Crippen molar-refractivity contribution in [1.82, 2.24) is 14.9 Å². The second-order valence-corrected chi connectivity index (χ2v) is 3.99. The van der Waals surface area contributed by atoms with E-state index in [2.05, 4.69) is 26.7 Å². The molecule has 5 heteroatoms. The van der Waals surface area contributed by atoms with E-state index in [-0.39, 0.29) is 0 Å². The van der Waals surface area contributed by atoms with Crippen LogP contribution in [-0.4, -0.2) is 48.9 Å². The fraction of sp³-hybridized carbons (Fsp3) is 0.727. The van der Waals surface area contributed by atoms with Gasteiger partial charge < -0.3 is 19.5 Å². The summed E-state index contributed by atoms with van der Waals surface area (Å²) in [6, 6.07) is 0.381. The third-order valence-electron chi connectivity index (χ3n) is 2.96. The van der Waals surface area contributed by atoms with Crippen molar-refractivity contribution in [3.05, 3.63) is 12.4 Å². The Labute approximate surface area is 96.4 Å². The molecule has 0 amide bonds. The summed E-state index contributed by atoms with van der Waals surface area (Å²) in [7, 11) is 1.97. The van der Waals surface area contributed by atoms with Crippen molar-refractivity contribution in [1.29, 1.82) is 0 Å². The number of imidazole rings is 1. The van der Waals surface area contributed by atoms with Gasteiger partial charge in [-0.3, -0.25) is 0 Å². The van der Waals surface area contributed by atoms with Gasteiger partial charge >= 0.3 is 0 Å². The average molecular weight is 224 g/mol. The molecule has 0 aromatic carbocycles. The zero-order valence-corrected chi connectivity index (χ0v) is 10.0. The largest absolute Gasteiger partial charge is 0.377 e. The molecule has 90 valence electrons. The van der Waals surface area contributed by atoms with E-state index in [1.165, 1.54) is 0 Å². The number of aromatic nitrogens is 2. The van der Waals surface area contributed by atoms with Crippen molar-refractivity contribution < 1.29 is 4.74 Å². The van der Waals surface area contributed by atoms with E-state index in [1.807, 2.05) is 19.4 Å². The van der Waals surface area contributed by atoms with Crippen molar-refractivity contribution >= 4 is 5.95 Å². The lowest BCUT2D eigenvalue weighted by atomic mass is 10.2. The molecular weight excluding hydrogens is 204 g/mol. The van der Waals surface area contributed by atoms with Crippen LogP contribution in [0.1, 0.15) is 6.92 Å². The number of likely N-dealkylation sites (N-methyl/N-ethyl adjacent to an activating group) is 1. The first-order chi connectivity index (χ1) is 7.86. The van der Waals surface area contributed by atoms with Crippen LogP contribution in [0.3, 0.4) is 0 Å². The number of nitrogens with one attached hydrogen (secondary N) is 1. The summed E-state index contributed by atoms with van der Waals surface area (Å²) in [5.41, 5.74) is 0. The molecule has 1 aromatic heterocycles. The normalized spacial score (nSPS) is 21.4. The van der Waals surface area contributed by atoms with Gasteiger partial charge in [-0.2, -0.15) is 0 Å². The Hall–Kier alpha value is -1.07. The molecule has 0 bridgehead atoms. The molecule has 1 saturated heterocycles. The van der Waals surface area contributed by atoms with Crippen LogP contribution in [0.25, 0.3) is 0 Å². The Balaban J connectivity index is 2.16. The minimum atomic E-state index is 0.381. The Bertz CT molecular complexity index is 324. The number of hydrogen-bond donors (Lipinski definition) is 1. The van der Waals surface area contributed by atoms with Crippen LogP contribution in [0.5, 0.6) is 0 Å². The van der Waals surface area contributed by atoms with Crippen LogP contribution >= 0.6 is 0 Å². The van der Waals surface area contributed by atoms with Crippen LogP contribution in [-0.2, 0) is 11.3 Å². The van der Waals surface area contributed by atoms with Gasteiger partial charge in [-0.05, 0) is 14.0 Å². The predicted molar refractivity (Wildman–Crippen MR) is 63.8 cm³/mol. The van der Waals surface area contributed by atoms with Gasteiger partial charge in [0.05, 0.1) is 19.3 Å². The van der Waals surface area contributed by atoms with E-state index < -0.39 is 0 Å². The van der Waals surface area contributed by atoms with Crippen LogP contribution < -0.4 is 10.2 Å². The van der Waals surface area contributed by atoms with Crippen LogP contribution in [0.15, 0.2) is 12.4 Å². The minimum absolute atomic E-state index is 0.381. The van der Waals surface area contributed by atoms with Gasteiger partial charge in [-0.1, -0.05) is 0 Å². The molecule has 1 atom stereocenters. The van der Waals surface area contributed by atoms with E-state index in [4.69, 9.17) is 4.74 Å². The smallest absolute Gasteiger partial charge is 0.205 e. The topological polar surface area (TPSA) is 42.3 Å². The van der Waals surface area contributed by atoms with Crippen molar-refractivity contribution in [3.8, 4) is 0 Å². The van der Waals surface area contributed by atoms with Gasteiger partial charge in [0.1, 0.15) is 0 Å². The lowest BCUT2D eigenvalue weighted by Gasteiger charge is -2.36. The first kappa shape index (κ1) is 11.4. The second-order valence-electron chi connectivity index (χ2n) is 3.99. The monoisotopic (exact) mass is 224 g/mol. The fourth-order valence-electron chi connectivity index (χ4n) is 2.13. The summed E-state index contributed by atoms with van der Waals surface area (Å²) < 4.78 is 7.69. The lowest BCUT2D eigenvalue weighted by Crippen LogP contribution is -2.51. The number of anilines is 1.